The fraction of sp³-hybridized carbons (Fsp3) is 0.0714. The fourth-order valence-electron chi connectivity index (χ4n) is 1.83. The second-order valence-electron chi connectivity index (χ2n) is 4.35. The van der Waals surface area contributed by atoms with Crippen molar-refractivity contribution in [1.82, 2.24) is 15.1 Å². The van der Waals surface area contributed by atoms with Gasteiger partial charge in [-0.3, -0.25) is 4.98 Å². The Labute approximate surface area is 124 Å². The highest BCUT2D eigenvalue weighted by Crippen LogP contribution is 2.29. The molecule has 0 saturated carbocycles. The van der Waals surface area contributed by atoms with Crippen molar-refractivity contribution in [3.05, 3.63) is 46.6 Å². The summed E-state index contributed by atoms with van der Waals surface area (Å²) in [7, 11) is 0. The second kappa shape index (κ2) is 5.05. The van der Waals surface area contributed by atoms with Crippen molar-refractivity contribution < 1.29 is 4.52 Å². The molecule has 20 heavy (non-hydrogen) atoms. The number of halogens is 1. The number of rotatable bonds is 2. The van der Waals surface area contributed by atoms with Crippen LogP contribution in [-0.4, -0.2) is 15.1 Å². The van der Waals surface area contributed by atoms with Gasteiger partial charge in [-0.15, -0.1) is 0 Å². The number of nitrogens with two attached hydrogens (primary N) is 1. The van der Waals surface area contributed by atoms with Crippen molar-refractivity contribution in [2.75, 3.05) is 5.73 Å². The van der Waals surface area contributed by atoms with Gasteiger partial charge < -0.3 is 10.3 Å². The lowest BCUT2D eigenvalue weighted by Gasteiger charge is -2.01. The first-order chi connectivity index (χ1) is 9.65. The molecule has 0 amide bonds. The predicted octanol–water partition coefficient (Wildman–Crippen LogP) is 3.45. The van der Waals surface area contributed by atoms with Crippen LogP contribution in [0.2, 0.25) is 0 Å². The summed E-state index contributed by atoms with van der Waals surface area (Å²) in [5, 5.41) is 3.96. The first-order valence-electron chi connectivity index (χ1n) is 5.96. The summed E-state index contributed by atoms with van der Waals surface area (Å²) in [6.45, 7) is 1.98. The summed E-state index contributed by atoms with van der Waals surface area (Å²) in [5.41, 5.74) is 8.99. The number of anilines is 1. The third-order valence-corrected chi connectivity index (χ3v) is 3.48. The summed E-state index contributed by atoms with van der Waals surface area (Å²) >= 11 is 3.42. The van der Waals surface area contributed by atoms with Crippen LogP contribution in [0.15, 0.2) is 45.5 Å². The Kier molecular flexibility index (Phi) is 3.23. The molecule has 0 aliphatic carbocycles. The van der Waals surface area contributed by atoms with Gasteiger partial charge in [-0.1, -0.05) is 16.8 Å². The molecule has 100 valence electrons. The van der Waals surface area contributed by atoms with Gasteiger partial charge in [0.1, 0.15) is 5.69 Å². The van der Waals surface area contributed by atoms with Crippen LogP contribution in [0.4, 0.5) is 5.69 Å². The van der Waals surface area contributed by atoms with Gasteiger partial charge in [0.05, 0.1) is 5.56 Å². The van der Waals surface area contributed by atoms with Gasteiger partial charge in [0.25, 0.3) is 5.89 Å². The molecule has 3 aromatic rings. The van der Waals surface area contributed by atoms with Crippen molar-refractivity contribution in [2.45, 2.75) is 6.92 Å². The van der Waals surface area contributed by atoms with Gasteiger partial charge in [-0.05, 0) is 47.1 Å². The van der Waals surface area contributed by atoms with Crippen LogP contribution in [-0.2, 0) is 0 Å². The Hall–Kier alpha value is -2.21. The van der Waals surface area contributed by atoms with Gasteiger partial charge in [0.15, 0.2) is 0 Å². The molecule has 5 nitrogen and oxygen atoms in total. The van der Waals surface area contributed by atoms with E-state index in [0.29, 0.717) is 23.1 Å². The highest BCUT2D eigenvalue weighted by Gasteiger charge is 2.15. The van der Waals surface area contributed by atoms with Crippen molar-refractivity contribution in [2.24, 2.45) is 0 Å². The summed E-state index contributed by atoms with van der Waals surface area (Å²) in [5.74, 6) is 0.812. The van der Waals surface area contributed by atoms with Gasteiger partial charge in [0, 0.05) is 16.4 Å². The molecule has 0 aliphatic heterocycles. The third-order valence-electron chi connectivity index (χ3n) is 2.84. The molecule has 0 aliphatic rings. The van der Waals surface area contributed by atoms with Crippen LogP contribution in [0.25, 0.3) is 23.0 Å². The van der Waals surface area contributed by atoms with Crippen molar-refractivity contribution in [1.29, 1.82) is 0 Å². The zero-order valence-corrected chi connectivity index (χ0v) is 12.3. The Balaban J connectivity index is 2.07. The zero-order valence-electron chi connectivity index (χ0n) is 10.7. The van der Waals surface area contributed by atoms with E-state index in [1.165, 1.54) is 0 Å². The van der Waals surface area contributed by atoms with Crippen LogP contribution in [0.1, 0.15) is 5.56 Å². The molecule has 0 spiro atoms. The molecule has 1 aromatic carbocycles. The topological polar surface area (TPSA) is 77.8 Å². The number of pyridine rings is 1. The number of benzene rings is 1. The van der Waals surface area contributed by atoms with Crippen LogP contribution in [0.3, 0.4) is 0 Å². The summed E-state index contributed by atoms with van der Waals surface area (Å²) in [6, 6.07) is 9.38. The molecule has 0 bridgehead atoms. The third kappa shape index (κ3) is 2.30. The first-order valence-corrected chi connectivity index (χ1v) is 6.75. The van der Waals surface area contributed by atoms with E-state index in [2.05, 4.69) is 31.1 Å². The Bertz CT molecular complexity index is 769. The summed E-state index contributed by atoms with van der Waals surface area (Å²) in [4.78, 5) is 8.60. The Morgan fingerprint density at radius 3 is 2.90 bits per heavy atom. The van der Waals surface area contributed by atoms with Gasteiger partial charge in [-0.25, -0.2) is 0 Å². The van der Waals surface area contributed by atoms with Crippen molar-refractivity contribution in [3.63, 3.8) is 0 Å². The molecule has 2 heterocycles. The highest BCUT2D eigenvalue weighted by molar-refractivity contribution is 9.10. The maximum absolute atomic E-state index is 5.95. The van der Waals surface area contributed by atoms with E-state index in [9.17, 15) is 0 Å². The molecule has 0 radical (unpaired) electrons. The predicted molar refractivity (Wildman–Crippen MR) is 79.8 cm³/mol. The van der Waals surface area contributed by atoms with Crippen LogP contribution in [0, 0.1) is 6.92 Å². The van der Waals surface area contributed by atoms with E-state index in [4.69, 9.17) is 10.3 Å². The quantitative estimate of drug-likeness (QED) is 0.728. The summed E-state index contributed by atoms with van der Waals surface area (Å²) in [6.07, 6.45) is 1.68. The van der Waals surface area contributed by atoms with E-state index in [1.54, 1.807) is 6.20 Å². The van der Waals surface area contributed by atoms with E-state index in [1.807, 2.05) is 37.3 Å². The van der Waals surface area contributed by atoms with Crippen LogP contribution in [0.5, 0.6) is 0 Å². The van der Waals surface area contributed by atoms with Crippen LogP contribution >= 0.6 is 15.9 Å². The molecule has 6 heteroatoms. The minimum absolute atomic E-state index is 0.388. The molecule has 2 aromatic heterocycles. The molecule has 0 atom stereocenters. The molecule has 0 saturated heterocycles. The van der Waals surface area contributed by atoms with Crippen molar-refractivity contribution in [3.8, 4) is 23.0 Å². The molecule has 3 rings (SSSR count). The normalized spacial score (nSPS) is 10.7. The molecule has 0 fully saturated rings. The van der Waals surface area contributed by atoms with E-state index >= 15 is 0 Å². The average molecular weight is 331 g/mol. The number of aryl methyl sites for hydroxylation is 1. The van der Waals surface area contributed by atoms with E-state index < -0.39 is 0 Å². The first kappa shape index (κ1) is 12.8. The maximum Gasteiger partial charge on any atom is 0.260 e. The highest BCUT2D eigenvalue weighted by atomic mass is 79.9. The van der Waals surface area contributed by atoms with Gasteiger partial charge in [0.2, 0.25) is 5.82 Å². The minimum Gasteiger partial charge on any atom is -0.398 e. The number of nitrogen functional groups attached to an aromatic ring is 1. The lowest BCUT2D eigenvalue weighted by molar-refractivity contribution is 0.432. The van der Waals surface area contributed by atoms with E-state index in [0.717, 1.165) is 15.6 Å². The smallest absolute Gasteiger partial charge is 0.260 e. The maximum atomic E-state index is 5.95. The fourth-order valence-corrected chi connectivity index (χ4v) is 2.27. The molecular formula is C14H11BrN4O. The molecular weight excluding hydrogens is 320 g/mol. The van der Waals surface area contributed by atoms with Crippen LogP contribution < -0.4 is 5.73 Å². The van der Waals surface area contributed by atoms with E-state index in [-0.39, 0.29) is 0 Å². The van der Waals surface area contributed by atoms with Crippen molar-refractivity contribution >= 4 is 21.6 Å². The minimum atomic E-state index is 0.388. The van der Waals surface area contributed by atoms with Gasteiger partial charge >= 0.3 is 0 Å². The average Bonchev–Trinajstić information content (AvgIpc) is 2.91. The lowest BCUT2D eigenvalue weighted by Crippen LogP contribution is -1.91. The number of hydrogen-bond donors (Lipinski definition) is 1. The molecule has 0 unspecified atom stereocenters. The molecule has 2 N–H and O–H groups in total. The Morgan fingerprint density at radius 1 is 1.25 bits per heavy atom. The second-order valence-corrected chi connectivity index (χ2v) is 5.20. The monoisotopic (exact) mass is 330 g/mol. The SMILES string of the molecule is Cc1ccc(N)c(-c2nc(-c3ncccc3Br)no2)c1. The standard InChI is InChI=1S/C14H11BrN4O/c1-8-4-5-11(16)9(7-8)14-18-13(19-20-14)12-10(15)3-2-6-17-12/h2-7H,16H2,1H3. The Morgan fingerprint density at radius 2 is 2.10 bits per heavy atom. The largest absolute Gasteiger partial charge is 0.398 e. The zero-order chi connectivity index (χ0) is 14.1. The number of aromatic nitrogens is 3. The number of hydrogen-bond acceptors (Lipinski definition) is 5. The summed E-state index contributed by atoms with van der Waals surface area (Å²) < 4.78 is 6.10. The number of nitrogens with zero attached hydrogens (tertiary/aromatic N) is 3. The van der Waals surface area contributed by atoms with Gasteiger partial charge in [-0.2, -0.15) is 4.98 Å². The lowest BCUT2D eigenvalue weighted by atomic mass is 10.1.